The Hall–Kier alpha value is -2.37. The van der Waals surface area contributed by atoms with Gasteiger partial charge >= 0.3 is 0 Å². The minimum Gasteiger partial charge on any atom is -0.457 e. The zero-order valence-corrected chi connectivity index (χ0v) is 14.5. The smallest absolute Gasteiger partial charge is 0.221 e. The number of nitrogens with one attached hydrogen (secondary N) is 2. The maximum atomic E-state index is 12.2. The van der Waals surface area contributed by atoms with Crippen LogP contribution < -0.4 is 15.4 Å². The van der Waals surface area contributed by atoms with Gasteiger partial charge < -0.3 is 20.1 Å². The van der Waals surface area contributed by atoms with Crippen LogP contribution in [0.2, 0.25) is 0 Å². The number of aryl methyl sites for hydroxylation is 1. The molecule has 1 amide bonds. The van der Waals surface area contributed by atoms with Crippen LogP contribution in [0.5, 0.6) is 11.5 Å². The Balaban J connectivity index is 1.58. The van der Waals surface area contributed by atoms with E-state index in [0.29, 0.717) is 26.2 Å². The van der Waals surface area contributed by atoms with Crippen LogP contribution in [0.3, 0.4) is 0 Å². The minimum absolute atomic E-state index is 0.00774. The highest BCUT2D eigenvalue weighted by Crippen LogP contribution is 2.25. The van der Waals surface area contributed by atoms with E-state index in [1.807, 2.05) is 55.5 Å². The number of hydrogen-bond donors (Lipinski definition) is 2. The van der Waals surface area contributed by atoms with Gasteiger partial charge in [-0.15, -0.1) is 0 Å². The molecule has 5 nitrogen and oxygen atoms in total. The third-order valence-electron chi connectivity index (χ3n) is 4.10. The lowest BCUT2D eigenvalue weighted by atomic mass is 10.1. The molecule has 0 aromatic heterocycles. The Bertz CT molecular complexity index is 712. The summed E-state index contributed by atoms with van der Waals surface area (Å²) >= 11 is 0. The normalized spacial score (nSPS) is 17.1. The van der Waals surface area contributed by atoms with Crippen LogP contribution >= 0.6 is 0 Å². The monoisotopic (exact) mass is 340 g/mol. The van der Waals surface area contributed by atoms with Crippen LogP contribution in [0.15, 0.2) is 48.5 Å². The first-order chi connectivity index (χ1) is 12.2. The Kier molecular flexibility index (Phi) is 6.04. The molecule has 0 aliphatic carbocycles. The second kappa shape index (κ2) is 8.65. The maximum absolute atomic E-state index is 12.2. The Labute approximate surface area is 148 Å². The zero-order valence-electron chi connectivity index (χ0n) is 14.5. The fourth-order valence-electron chi connectivity index (χ4n) is 2.80. The fraction of sp³-hybridized carbons (Fsp3) is 0.350. The lowest BCUT2D eigenvalue weighted by Gasteiger charge is -2.23. The molecule has 3 rings (SSSR count). The number of carbonyl (C=O) groups is 1. The summed E-state index contributed by atoms with van der Waals surface area (Å²) < 4.78 is 11.4. The van der Waals surface area contributed by atoms with E-state index in [9.17, 15) is 4.79 Å². The van der Waals surface area contributed by atoms with Gasteiger partial charge in [0.2, 0.25) is 5.91 Å². The number of benzene rings is 2. The zero-order chi connectivity index (χ0) is 17.5. The standard InChI is InChI=1S/C20H24N2O3/c1-15-5-4-7-18(11-15)25-19-8-3-2-6-16(19)13-22-20(23)12-17-14-24-10-9-21-17/h2-8,11,17,21H,9-10,12-14H2,1H3,(H,22,23). The first kappa shape index (κ1) is 17.5. The number of carbonyl (C=O) groups excluding carboxylic acids is 1. The highest BCUT2D eigenvalue weighted by atomic mass is 16.5. The van der Waals surface area contributed by atoms with Crippen molar-refractivity contribution in [2.75, 3.05) is 19.8 Å². The number of rotatable bonds is 6. The van der Waals surface area contributed by atoms with Gasteiger partial charge in [-0.25, -0.2) is 0 Å². The van der Waals surface area contributed by atoms with Gasteiger partial charge in [0, 0.05) is 31.1 Å². The molecule has 1 saturated heterocycles. The third kappa shape index (κ3) is 5.31. The fourth-order valence-corrected chi connectivity index (χ4v) is 2.80. The van der Waals surface area contributed by atoms with Crippen molar-refractivity contribution in [2.45, 2.75) is 25.9 Å². The lowest BCUT2D eigenvalue weighted by Crippen LogP contribution is -2.44. The van der Waals surface area contributed by atoms with Crippen molar-refractivity contribution < 1.29 is 14.3 Å². The summed E-state index contributed by atoms with van der Waals surface area (Å²) in [4.78, 5) is 12.2. The molecule has 1 unspecified atom stereocenters. The van der Waals surface area contributed by atoms with E-state index in [2.05, 4.69) is 10.6 Å². The highest BCUT2D eigenvalue weighted by Gasteiger charge is 2.17. The maximum Gasteiger partial charge on any atom is 0.221 e. The molecule has 0 bridgehead atoms. The molecule has 0 radical (unpaired) electrons. The lowest BCUT2D eigenvalue weighted by molar-refractivity contribution is -0.122. The minimum atomic E-state index is 0.00774. The van der Waals surface area contributed by atoms with Gasteiger partial charge in [-0.1, -0.05) is 30.3 Å². The number of amides is 1. The molecule has 0 spiro atoms. The largest absolute Gasteiger partial charge is 0.457 e. The van der Waals surface area contributed by atoms with E-state index in [1.54, 1.807) is 0 Å². The molecular formula is C20H24N2O3. The molecule has 2 aromatic rings. The molecule has 1 heterocycles. The van der Waals surface area contributed by atoms with Crippen LogP contribution in [0.25, 0.3) is 0 Å². The summed E-state index contributed by atoms with van der Waals surface area (Å²) in [5.74, 6) is 1.56. The predicted molar refractivity (Wildman–Crippen MR) is 96.8 cm³/mol. The van der Waals surface area contributed by atoms with Crippen molar-refractivity contribution >= 4 is 5.91 Å². The highest BCUT2D eigenvalue weighted by molar-refractivity contribution is 5.76. The summed E-state index contributed by atoms with van der Waals surface area (Å²) in [7, 11) is 0. The molecule has 2 aromatic carbocycles. The van der Waals surface area contributed by atoms with Crippen molar-refractivity contribution in [2.24, 2.45) is 0 Å². The van der Waals surface area contributed by atoms with Crippen molar-refractivity contribution in [1.29, 1.82) is 0 Å². The van der Waals surface area contributed by atoms with E-state index < -0.39 is 0 Å². The first-order valence-corrected chi connectivity index (χ1v) is 8.61. The van der Waals surface area contributed by atoms with E-state index in [0.717, 1.165) is 29.2 Å². The molecule has 1 aliphatic heterocycles. The molecule has 0 saturated carbocycles. The molecule has 1 aliphatic rings. The van der Waals surface area contributed by atoms with E-state index in [-0.39, 0.29) is 11.9 Å². The van der Waals surface area contributed by atoms with Gasteiger partial charge in [0.1, 0.15) is 11.5 Å². The quantitative estimate of drug-likeness (QED) is 0.849. The first-order valence-electron chi connectivity index (χ1n) is 8.61. The van der Waals surface area contributed by atoms with Gasteiger partial charge in [-0.2, -0.15) is 0 Å². The van der Waals surface area contributed by atoms with E-state index >= 15 is 0 Å². The second-order valence-corrected chi connectivity index (χ2v) is 6.23. The third-order valence-corrected chi connectivity index (χ3v) is 4.10. The van der Waals surface area contributed by atoms with E-state index in [4.69, 9.17) is 9.47 Å². The molecule has 1 fully saturated rings. The Morgan fingerprint density at radius 1 is 1.28 bits per heavy atom. The predicted octanol–water partition coefficient (Wildman–Crippen LogP) is 2.78. The van der Waals surface area contributed by atoms with Crippen molar-refractivity contribution in [1.82, 2.24) is 10.6 Å². The topological polar surface area (TPSA) is 59.6 Å². The number of morpholine rings is 1. The van der Waals surface area contributed by atoms with Crippen LogP contribution in [-0.4, -0.2) is 31.7 Å². The van der Waals surface area contributed by atoms with Gasteiger partial charge in [-0.05, 0) is 30.7 Å². The Morgan fingerprint density at radius 3 is 2.96 bits per heavy atom. The van der Waals surface area contributed by atoms with Crippen LogP contribution in [0.4, 0.5) is 0 Å². The summed E-state index contributed by atoms with van der Waals surface area (Å²) in [6.07, 6.45) is 0.418. The van der Waals surface area contributed by atoms with Crippen LogP contribution in [-0.2, 0) is 16.1 Å². The van der Waals surface area contributed by atoms with Crippen molar-refractivity contribution in [3.05, 3.63) is 59.7 Å². The second-order valence-electron chi connectivity index (χ2n) is 6.23. The van der Waals surface area contributed by atoms with Gasteiger partial charge in [0.25, 0.3) is 0 Å². The summed E-state index contributed by atoms with van der Waals surface area (Å²) in [6.45, 7) is 4.56. The molecule has 1 atom stereocenters. The van der Waals surface area contributed by atoms with E-state index in [1.165, 1.54) is 0 Å². The molecule has 5 heteroatoms. The molecule has 25 heavy (non-hydrogen) atoms. The summed E-state index contributed by atoms with van der Waals surface area (Å²) in [5.41, 5.74) is 2.09. The Morgan fingerprint density at radius 2 is 2.16 bits per heavy atom. The summed E-state index contributed by atoms with van der Waals surface area (Å²) in [6, 6.07) is 15.8. The van der Waals surface area contributed by atoms with Crippen LogP contribution in [0, 0.1) is 6.92 Å². The summed E-state index contributed by atoms with van der Waals surface area (Å²) in [5, 5.41) is 6.26. The van der Waals surface area contributed by atoms with Gasteiger partial charge in [-0.3, -0.25) is 4.79 Å². The molecule has 132 valence electrons. The van der Waals surface area contributed by atoms with Gasteiger partial charge in [0.15, 0.2) is 0 Å². The number of ether oxygens (including phenoxy) is 2. The number of hydrogen-bond acceptors (Lipinski definition) is 4. The SMILES string of the molecule is Cc1cccc(Oc2ccccc2CNC(=O)CC2COCCN2)c1. The van der Waals surface area contributed by atoms with Crippen molar-refractivity contribution in [3.63, 3.8) is 0 Å². The van der Waals surface area contributed by atoms with Gasteiger partial charge in [0.05, 0.1) is 13.2 Å². The van der Waals surface area contributed by atoms with Crippen LogP contribution in [0.1, 0.15) is 17.5 Å². The van der Waals surface area contributed by atoms with Crippen molar-refractivity contribution in [3.8, 4) is 11.5 Å². The molecular weight excluding hydrogens is 316 g/mol. The average Bonchev–Trinajstić information content (AvgIpc) is 2.62. The number of para-hydroxylation sites is 1. The molecule has 2 N–H and O–H groups in total. The average molecular weight is 340 g/mol.